The molecule has 1 N–H and O–H groups in total. The fourth-order valence-electron chi connectivity index (χ4n) is 4.09. The Hall–Kier alpha value is -4.15. The number of nitrogens with zero attached hydrogens (tertiary/aromatic N) is 3. The van der Waals surface area contributed by atoms with Gasteiger partial charge in [0.15, 0.2) is 0 Å². The van der Waals surface area contributed by atoms with E-state index in [1.165, 1.54) is 55.8 Å². The lowest BCUT2D eigenvalue weighted by Crippen LogP contribution is -2.39. The molecule has 0 aliphatic rings. The van der Waals surface area contributed by atoms with Crippen molar-refractivity contribution in [3.63, 3.8) is 0 Å². The van der Waals surface area contributed by atoms with Gasteiger partial charge in [0.05, 0.1) is 28.9 Å². The number of benzene rings is 3. The highest BCUT2D eigenvalue weighted by molar-refractivity contribution is 7.92. The highest BCUT2D eigenvalue weighted by atomic mass is 35.5. The Balaban J connectivity index is 1.56. The van der Waals surface area contributed by atoms with Gasteiger partial charge in [-0.2, -0.15) is 5.10 Å². The number of rotatable bonds is 9. The van der Waals surface area contributed by atoms with Crippen molar-refractivity contribution in [2.45, 2.75) is 18.7 Å². The van der Waals surface area contributed by atoms with E-state index >= 15 is 0 Å². The number of hydrogen-bond acceptors (Lipinski definition) is 5. The lowest BCUT2D eigenvalue weighted by Gasteiger charge is -2.24. The number of aromatic nitrogens is 1. The van der Waals surface area contributed by atoms with E-state index in [1.54, 1.807) is 30.3 Å². The highest BCUT2D eigenvalue weighted by Gasteiger charge is 2.27. The maximum Gasteiger partial charge on any atom is 0.264 e. The molecular formula is C28H26ClFN4O4S. The number of carbonyl (C=O) groups is 1. The predicted molar refractivity (Wildman–Crippen MR) is 150 cm³/mol. The highest BCUT2D eigenvalue weighted by Crippen LogP contribution is 2.32. The third kappa shape index (κ3) is 6.13. The van der Waals surface area contributed by atoms with Gasteiger partial charge in [-0.25, -0.2) is 18.2 Å². The second-order valence-electron chi connectivity index (χ2n) is 8.58. The van der Waals surface area contributed by atoms with Crippen molar-refractivity contribution in [2.75, 3.05) is 18.0 Å². The summed E-state index contributed by atoms with van der Waals surface area (Å²) in [6, 6.07) is 20.2. The van der Waals surface area contributed by atoms with Crippen LogP contribution >= 0.6 is 11.6 Å². The predicted octanol–water partition coefficient (Wildman–Crippen LogP) is 5.24. The SMILES string of the molecule is COc1ccc(N(CC(=O)N/N=C/c2cc(C)n(-c3ccc(F)cc3)c2C)S(=O)(=O)c2ccccc2)cc1Cl. The van der Waals surface area contributed by atoms with Crippen molar-refractivity contribution in [2.24, 2.45) is 5.10 Å². The fraction of sp³-hybridized carbons (Fsp3) is 0.143. The van der Waals surface area contributed by atoms with Crippen LogP contribution in [-0.2, 0) is 14.8 Å². The number of anilines is 1. The fourth-order valence-corrected chi connectivity index (χ4v) is 5.78. The molecule has 1 aromatic heterocycles. The summed E-state index contributed by atoms with van der Waals surface area (Å²) >= 11 is 6.25. The van der Waals surface area contributed by atoms with Crippen LogP contribution in [0.1, 0.15) is 17.0 Å². The average Bonchev–Trinajstić information content (AvgIpc) is 3.20. The minimum atomic E-state index is -4.11. The zero-order valence-corrected chi connectivity index (χ0v) is 23.0. The molecule has 3 aromatic carbocycles. The van der Waals surface area contributed by atoms with E-state index in [0.717, 1.165) is 26.9 Å². The first kappa shape index (κ1) is 27.9. The van der Waals surface area contributed by atoms with Crippen LogP contribution in [-0.4, -0.2) is 38.8 Å². The van der Waals surface area contributed by atoms with E-state index in [0.29, 0.717) is 5.75 Å². The van der Waals surface area contributed by atoms with Gasteiger partial charge in [-0.1, -0.05) is 29.8 Å². The molecule has 0 radical (unpaired) electrons. The third-order valence-corrected chi connectivity index (χ3v) is 8.07. The molecule has 0 aliphatic carbocycles. The van der Waals surface area contributed by atoms with E-state index in [9.17, 15) is 17.6 Å². The van der Waals surface area contributed by atoms with Gasteiger partial charge in [0.2, 0.25) is 0 Å². The summed E-state index contributed by atoms with van der Waals surface area (Å²) in [6.45, 7) is 3.23. The summed E-state index contributed by atoms with van der Waals surface area (Å²) in [5.74, 6) is -0.624. The van der Waals surface area contributed by atoms with Crippen molar-refractivity contribution in [3.05, 3.63) is 107 Å². The van der Waals surface area contributed by atoms with E-state index in [4.69, 9.17) is 16.3 Å². The van der Waals surface area contributed by atoms with Gasteiger partial charge in [-0.15, -0.1) is 0 Å². The van der Waals surface area contributed by atoms with Gasteiger partial charge in [0.25, 0.3) is 15.9 Å². The number of ether oxygens (including phenoxy) is 1. The molecule has 0 fully saturated rings. The maximum atomic E-state index is 13.5. The smallest absolute Gasteiger partial charge is 0.264 e. The first-order valence-electron chi connectivity index (χ1n) is 11.8. The van der Waals surface area contributed by atoms with Crippen LogP contribution in [0.3, 0.4) is 0 Å². The Bertz CT molecular complexity index is 1620. The van der Waals surface area contributed by atoms with Gasteiger partial charge in [-0.05, 0) is 74.5 Å². The van der Waals surface area contributed by atoms with Crippen LogP contribution in [0, 0.1) is 19.7 Å². The van der Waals surface area contributed by atoms with Crippen molar-refractivity contribution in [1.29, 1.82) is 0 Å². The molecule has 11 heteroatoms. The number of nitrogens with one attached hydrogen (secondary N) is 1. The number of amides is 1. The Morgan fingerprint density at radius 2 is 1.77 bits per heavy atom. The van der Waals surface area contributed by atoms with Crippen molar-refractivity contribution in [1.82, 2.24) is 9.99 Å². The molecule has 1 heterocycles. The quantitative estimate of drug-likeness (QED) is 0.221. The molecule has 4 aromatic rings. The van der Waals surface area contributed by atoms with E-state index in [-0.39, 0.29) is 21.4 Å². The van der Waals surface area contributed by atoms with Crippen LogP contribution in [0.25, 0.3) is 5.69 Å². The Kier molecular flexibility index (Phi) is 8.37. The molecule has 8 nitrogen and oxygen atoms in total. The van der Waals surface area contributed by atoms with Gasteiger partial charge in [-0.3, -0.25) is 9.10 Å². The molecule has 39 heavy (non-hydrogen) atoms. The minimum Gasteiger partial charge on any atom is -0.495 e. The van der Waals surface area contributed by atoms with Crippen molar-refractivity contribution < 1.29 is 22.3 Å². The first-order valence-corrected chi connectivity index (χ1v) is 13.6. The summed E-state index contributed by atoms with van der Waals surface area (Å²) in [7, 11) is -2.67. The van der Waals surface area contributed by atoms with Crippen molar-refractivity contribution in [3.8, 4) is 11.4 Å². The normalized spacial score (nSPS) is 11.5. The monoisotopic (exact) mass is 568 g/mol. The van der Waals surface area contributed by atoms with Gasteiger partial charge < -0.3 is 9.30 Å². The van der Waals surface area contributed by atoms with E-state index in [1.807, 2.05) is 24.5 Å². The average molecular weight is 569 g/mol. The number of halogens is 2. The van der Waals surface area contributed by atoms with Gasteiger partial charge >= 0.3 is 0 Å². The number of aryl methyl sites for hydroxylation is 1. The standard InChI is InChI=1S/C28H26ClFN4O4S/c1-19-15-21(20(2)34(19)23-11-9-22(30)10-12-23)17-31-32-28(35)18-33(24-13-14-27(38-3)26(29)16-24)39(36,37)25-7-5-4-6-8-25/h4-17H,18H2,1-3H3,(H,32,35)/b31-17+. The third-order valence-electron chi connectivity index (χ3n) is 5.99. The molecule has 4 rings (SSSR count). The Morgan fingerprint density at radius 1 is 1.08 bits per heavy atom. The second-order valence-corrected chi connectivity index (χ2v) is 10.8. The number of sulfonamides is 1. The summed E-state index contributed by atoms with van der Waals surface area (Å²) in [5, 5.41) is 4.24. The molecule has 1 amide bonds. The van der Waals surface area contributed by atoms with E-state index < -0.39 is 22.5 Å². The molecule has 0 saturated carbocycles. The zero-order valence-electron chi connectivity index (χ0n) is 21.4. The lowest BCUT2D eigenvalue weighted by atomic mass is 10.2. The summed E-state index contributed by atoms with van der Waals surface area (Å²) in [5.41, 5.74) is 5.83. The number of hydrazone groups is 1. The molecule has 0 unspecified atom stereocenters. The second kappa shape index (κ2) is 11.7. The van der Waals surface area contributed by atoms with Crippen LogP contribution in [0.5, 0.6) is 5.75 Å². The molecule has 0 aliphatic heterocycles. The summed E-state index contributed by atoms with van der Waals surface area (Å²) in [6.07, 6.45) is 1.47. The van der Waals surface area contributed by atoms with E-state index in [2.05, 4.69) is 10.5 Å². The molecule has 0 spiro atoms. The van der Waals surface area contributed by atoms with Crippen LogP contribution in [0.2, 0.25) is 5.02 Å². The largest absolute Gasteiger partial charge is 0.495 e. The Morgan fingerprint density at radius 3 is 2.41 bits per heavy atom. The number of hydrogen-bond donors (Lipinski definition) is 1. The first-order chi connectivity index (χ1) is 18.6. The maximum absolute atomic E-state index is 13.5. The minimum absolute atomic E-state index is 0.0153. The van der Waals surface area contributed by atoms with Gasteiger partial charge in [0.1, 0.15) is 18.1 Å². The molecular weight excluding hydrogens is 543 g/mol. The zero-order chi connectivity index (χ0) is 28.2. The van der Waals surface area contributed by atoms with Crippen LogP contribution < -0.4 is 14.5 Å². The van der Waals surface area contributed by atoms with Crippen LogP contribution in [0.15, 0.2) is 88.9 Å². The molecule has 0 bridgehead atoms. The van der Waals surface area contributed by atoms with Crippen LogP contribution in [0.4, 0.5) is 10.1 Å². The summed E-state index contributed by atoms with van der Waals surface area (Å²) < 4.78 is 48.4. The topological polar surface area (TPSA) is 93.0 Å². The molecule has 0 saturated heterocycles. The van der Waals surface area contributed by atoms with Gasteiger partial charge in [0, 0.05) is 22.6 Å². The molecule has 202 valence electrons. The lowest BCUT2D eigenvalue weighted by molar-refractivity contribution is -0.119. The summed E-state index contributed by atoms with van der Waals surface area (Å²) in [4.78, 5) is 12.9. The number of methoxy groups -OCH3 is 1. The Labute approximate surface area is 231 Å². The number of carbonyl (C=O) groups excluding carboxylic acids is 1. The van der Waals surface area contributed by atoms with Crippen molar-refractivity contribution >= 4 is 39.4 Å². The molecule has 0 atom stereocenters.